The molecule has 0 atom stereocenters. The van der Waals surface area contributed by atoms with Crippen molar-refractivity contribution in [3.8, 4) is 0 Å². The van der Waals surface area contributed by atoms with Crippen molar-refractivity contribution in [2.75, 3.05) is 6.54 Å². The van der Waals surface area contributed by atoms with Gasteiger partial charge in [0, 0.05) is 17.3 Å². The molecule has 102 valence electrons. The number of nitrogens with zero attached hydrogens (tertiary/aromatic N) is 2. The second-order valence-electron chi connectivity index (χ2n) is 5.87. The van der Waals surface area contributed by atoms with Crippen LogP contribution in [-0.2, 0) is 12.0 Å². The molecular weight excluding hydrogens is 244 g/mol. The highest BCUT2D eigenvalue weighted by atomic mass is 32.1. The number of nitrogens with one attached hydrogen (secondary N) is 1. The fourth-order valence-corrected chi connectivity index (χ4v) is 2.15. The molecule has 0 aliphatic heterocycles. The Morgan fingerprint density at radius 2 is 2.17 bits per heavy atom. The summed E-state index contributed by atoms with van der Waals surface area (Å²) < 4.78 is 0. The minimum absolute atomic E-state index is 0.105. The molecule has 1 heterocycles. The van der Waals surface area contributed by atoms with Gasteiger partial charge >= 0.3 is 0 Å². The average molecular weight is 268 g/mol. The van der Waals surface area contributed by atoms with Crippen molar-refractivity contribution in [2.45, 2.75) is 46.6 Å². The third-order valence-corrected chi connectivity index (χ3v) is 3.61. The monoisotopic (exact) mass is 268 g/mol. The number of aromatic nitrogens is 1. The Bertz CT molecular complexity index is 401. The van der Waals surface area contributed by atoms with Gasteiger partial charge in [0.05, 0.1) is 17.2 Å². The fraction of sp³-hybridized carbons (Fsp3) is 0.692. The summed E-state index contributed by atoms with van der Waals surface area (Å²) in [6.07, 6.45) is 0. The van der Waals surface area contributed by atoms with Crippen LogP contribution in [0.1, 0.15) is 45.3 Å². The summed E-state index contributed by atoms with van der Waals surface area (Å²) in [5.74, 6) is 1.06. The van der Waals surface area contributed by atoms with Crippen LogP contribution in [-0.4, -0.2) is 17.5 Å². The highest BCUT2D eigenvalue weighted by Crippen LogP contribution is 2.25. The molecule has 5 heteroatoms. The molecular formula is C13H24N4S. The molecule has 0 aromatic carbocycles. The van der Waals surface area contributed by atoms with E-state index in [1.165, 1.54) is 0 Å². The van der Waals surface area contributed by atoms with Gasteiger partial charge in [0.15, 0.2) is 5.96 Å². The molecule has 0 saturated heterocycles. The lowest BCUT2D eigenvalue weighted by molar-refractivity contribution is 0.583. The predicted octanol–water partition coefficient (Wildman–Crippen LogP) is 2.50. The quantitative estimate of drug-likeness (QED) is 0.651. The van der Waals surface area contributed by atoms with E-state index < -0.39 is 0 Å². The third-order valence-electron chi connectivity index (χ3n) is 2.30. The second kappa shape index (κ2) is 6.18. The van der Waals surface area contributed by atoms with Gasteiger partial charge in [-0.1, -0.05) is 34.6 Å². The molecule has 1 aromatic rings. The maximum Gasteiger partial charge on any atom is 0.188 e. The Balaban J connectivity index is 2.53. The summed E-state index contributed by atoms with van der Waals surface area (Å²) >= 11 is 1.68. The number of thiazole rings is 1. The Hall–Kier alpha value is -1.10. The summed E-state index contributed by atoms with van der Waals surface area (Å²) in [6.45, 7) is 12.2. The maximum atomic E-state index is 5.78. The smallest absolute Gasteiger partial charge is 0.188 e. The van der Waals surface area contributed by atoms with Crippen LogP contribution in [0, 0.1) is 5.92 Å². The van der Waals surface area contributed by atoms with Crippen LogP contribution in [0.2, 0.25) is 0 Å². The van der Waals surface area contributed by atoms with Crippen LogP contribution in [0.5, 0.6) is 0 Å². The molecule has 0 aliphatic rings. The van der Waals surface area contributed by atoms with E-state index in [4.69, 9.17) is 5.73 Å². The summed E-state index contributed by atoms with van der Waals surface area (Å²) in [4.78, 5) is 8.87. The molecule has 0 radical (unpaired) electrons. The number of hydrogen-bond acceptors (Lipinski definition) is 3. The largest absolute Gasteiger partial charge is 0.370 e. The van der Waals surface area contributed by atoms with Crippen molar-refractivity contribution in [1.82, 2.24) is 10.3 Å². The van der Waals surface area contributed by atoms with Gasteiger partial charge in [0.25, 0.3) is 0 Å². The lowest BCUT2D eigenvalue weighted by atomic mass is 9.98. The van der Waals surface area contributed by atoms with Crippen LogP contribution < -0.4 is 11.1 Å². The fourth-order valence-electron chi connectivity index (χ4n) is 1.25. The van der Waals surface area contributed by atoms with E-state index in [2.05, 4.69) is 55.3 Å². The van der Waals surface area contributed by atoms with Crippen molar-refractivity contribution in [2.24, 2.45) is 16.6 Å². The highest BCUT2D eigenvalue weighted by molar-refractivity contribution is 7.09. The van der Waals surface area contributed by atoms with Crippen molar-refractivity contribution in [1.29, 1.82) is 0 Å². The molecule has 1 rings (SSSR count). The Labute approximate surface area is 114 Å². The van der Waals surface area contributed by atoms with Gasteiger partial charge < -0.3 is 11.1 Å². The molecule has 18 heavy (non-hydrogen) atoms. The number of rotatable bonds is 4. The molecule has 0 aliphatic carbocycles. The second-order valence-corrected chi connectivity index (χ2v) is 6.73. The highest BCUT2D eigenvalue weighted by Gasteiger charge is 2.17. The van der Waals surface area contributed by atoms with Crippen LogP contribution in [0.4, 0.5) is 0 Å². The van der Waals surface area contributed by atoms with Crippen LogP contribution in [0.15, 0.2) is 10.4 Å². The van der Waals surface area contributed by atoms with Crippen LogP contribution in [0.3, 0.4) is 0 Å². The van der Waals surface area contributed by atoms with Crippen LogP contribution >= 0.6 is 11.3 Å². The molecule has 3 N–H and O–H groups in total. The maximum absolute atomic E-state index is 5.78. The summed E-state index contributed by atoms with van der Waals surface area (Å²) in [6, 6.07) is 0. The standard InChI is InChI=1S/C13H24N4S/c1-9(2)6-15-12(14)16-7-10-8-18-11(17-10)13(3,4)5/h8-9H,6-7H2,1-5H3,(H3,14,15,16). The Morgan fingerprint density at radius 1 is 1.50 bits per heavy atom. The lowest BCUT2D eigenvalue weighted by Gasteiger charge is -2.13. The Kier molecular flexibility index (Phi) is 5.14. The minimum atomic E-state index is 0.105. The molecule has 0 bridgehead atoms. The number of hydrogen-bond donors (Lipinski definition) is 2. The van der Waals surface area contributed by atoms with Crippen molar-refractivity contribution < 1.29 is 0 Å². The molecule has 0 spiro atoms. The van der Waals surface area contributed by atoms with Gasteiger partial charge in [0.2, 0.25) is 0 Å². The number of nitrogens with two attached hydrogens (primary N) is 1. The molecule has 0 saturated carbocycles. The minimum Gasteiger partial charge on any atom is -0.370 e. The van der Waals surface area contributed by atoms with Gasteiger partial charge in [-0.2, -0.15) is 0 Å². The first-order valence-corrected chi connectivity index (χ1v) is 7.15. The van der Waals surface area contributed by atoms with Crippen LogP contribution in [0.25, 0.3) is 0 Å². The molecule has 0 fully saturated rings. The number of guanidine groups is 1. The first-order chi connectivity index (χ1) is 8.29. The normalized spacial score (nSPS) is 13.1. The molecule has 4 nitrogen and oxygen atoms in total. The molecule has 0 amide bonds. The first-order valence-electron chi connectivity index (χ1n) is 6.27. The Morgan fingerprint density at radius 3 is 2.67 bits per heavy atom. The van der Waals surface area contributed by atoms with E-state index in [-0.39, 0.29) is 5.41 Å². The zero-order valence-electron chi connectivity index (χ0n) is 11.9. The number of aliphatic imine (C=N–C) groups is 1. The third kappa shape index (κ3) is 5.04. The zero-order valence-corrected chi connectivity index (χ0v) is 12.8. The van der Waals surface area contributed by atoms with E-state index in [1.807, 2.05) is 0 Å². The van der Waals surface area contributed by atoms with Crippen molar-refractivity contribution in [3.05, 3.63) is 16.1 Å². The van der Waals surface area contributed by atoms with Gasteiger partial charge in [-0.05, 0) is 5.92 Å². The van der Waals surface area contributed by atoms with Crippen molar-refractivity contribution >= 4 is 17.3 Å². The van der Waals surface area contributed by atoms with Gasteiger partial charge in [-0.15, -0.1) is 11.3 Å². The van der Waals surface area contributed by atoms with Crippen molar-refractivity contribution in [3.63, 3.8) is 0 Å². The van der Waals surface area contributed by atoms with E-state index in [1.54, 1.807) is 11.3 Å². The molecule has 1 aromatic heterocycles. The van der Waals surface area contributed by atoms with E-state index in [0.29, 0.717) is 18.4 Å². The first kappa shape index (κ1) is 15.0. The summed E-state index contributed by atoms with van der Waals surface area (Å²) in [5, 5.41) is 6.29. The van der Waals surface area contributed by atoms with E-state index in [0.717, 1.165) is 17.2 Å². The van der Waals surface area contributed by atoms with E-state index in [9.17, 15) is 0 Å². The molecule has 0 unspecified atom stereocenters. The lowest BCUT2D eigenvalue weighted by Crippen LogP contribution is -2.34. The predicted molar refractivity (Wildman–Crippen MR) is 79.0 cm³/mol. The van der Waals surface area contributed by atoms with Gasteiger partial charge in [0.1, 0.15) is 0 Å². The SMILES string of the molecule is CC(C)CNC(N)=NCc1csc(C(C)(C)C)n1. The van der Waals surface area contributed by atoms with Gasteiger partial charge in [-0.3, -0.25) is 0 Å². The average Bonchev–Trinajstić information content (AvgIpc) is 2.71. The van der Waals surface area contributed by atoms with E-state index >= 15 is 0 Å². The summed E-state index contributed by atoms with van der Waals surface area (Å²) in [7, 11) is 0. The summed E-state index contributed by atoms with van der Waals surface area (Å²) in [5.41, 5.74) is 6.87. The zero-order chi connectivity index (χ0) is 13.8. The topological polar surface area (TPSA) is 63.3 Å². The van der Waals surface area contributed by atoms with Gasteiger partial charge in [-0.25, -0.2) is 9.98 Å².